The molecule has 19 heavy (non-hydrogen) atoms. The molecular weight excluding hydrogens is 259 g/mol. The molecule has 0 N–H and O–H groups in total. The first-order valence-electron chi connectivity index (χ1n) is 5.26. The van der Waals surface area contributed by atoms with Gasteiger partial charge in [-0.3, -0.25) is 9.78 Å². The lowest BCUT2D eigenvalue weighted by Gasteiger charge is -2.08. The van der Waals surface area contributed by atoms with Gasteiger partial charge in [0.2, 0.25) is 0 Å². The summed E-state index contributed by atoms with van der Waals surface area (Å²) in [6, 6.07) is 7.92. The Kier molecular flexibility index (Phi) is 3.50. The van der Waals surface area contributed by atoms with Crippen LogP contribution in [0.5, 0.6) is 5.75 Å². The van der Waals surface area contributed by atoms with Crippen LogP contribution in [0, 0.1) is 0 Å². The minimum absolute atomic E-state index is 0.266. The van der Waals surface area contributed by atoms with Crippen molar-refractivity contribution in [2.24, 2.45) is 0 Å². The maximum Gasteiger partial charge on any atom is 0.573 e. The Morgan fingerprint density at radius 2 is 1.74 bits per heavy atom. The minimum Gasteiger partial charge on any atom is -0.406 e. The summed E-state index contributed by atoms with van der Waals surface area (Å²) in [5, 5.41) is 0. The summed E-state index contributed by atoms with van der Waals surface area (Å²) in [5.74, 6) is -0.679. The average molecular weight is 267 g/mol. The lowest BCUT2D eigenvalue weighted by Crippen LogP contribution is -2.17. The highest BCUT2D eigenvalue weighted by molar-refractivity contribution is 6.08. The van der Waals surface area contributed by atoms with E-state index in [0.29, 0.717) is 5.56 Å². The summed E-state index contributed by atoms with van der Waals surface area (Å²) >= 11 is 0. The standard InChI is InChI=1S/C13H8F3NO2/c14-13(15,16)19-11-5-3-9(4-6-11)12(18)10-2-1-7-17-8-10/h1-8H. The number of pyridine rings is 1. The molecule has 0 spiro atoms. The fraction of sp³-hybridized carbons (Fsp3) is 0.0769. The normalized spacial score (nSPS) is 11.1. The summed E-state index contributed by atoms with van der Waals surface area (Å²) in [7, 11) is 0. The Bertz CT molecular complexity index is 565. The Morgan fingerprint density at radius 3 is 2.26 bits per heavy atom. The number of ether oxygens (including phenoxy) is 1. The van der Waals surface area contributed by atoms with E-state index in [9.17, 15) is 18.0 Å². The van der Waals surface area contributed by atoms with Gasteiger partial charge in [0.1, 0.15) is 5.75 Å². The van der Waals surface area contributed by atoms with Gasteiger partial charge in [-0.15, -0.1) is 13.2 Å². The van der Waals surface area contributed by atoms with Crippen LogP contribution in [0.1, 0.15) is 15.9 Å². The minimum atomic E-state index is -4.74. The van der Waals surface area contributed by atoms with Crippen molar-refractivity contribution in [1.29, 1.82) is 0 Å². The number of nitrogens with zero attached hydrogens (tertiary/aromatic N) is 1. The molecule has 0 unspecified atom stereocenters. The second kappa shape index (κ2) is 5.09. The van der Waals surface area contributed by atoms with E-state index in [2.05, 4.69) is 9.72 Å². The van der Waals surface area contributed by atoms with Gasteiger partial charge in [-0.1, -0.05) is 0 Å². The number of carbonyl (C=O) groups is 1. The lowest BCUT2D eigenvalue weighted by molar-refractivity contribution is -0.274. The Labute approximate surface area is 106 Å². The quantitative estimate of drug-likeness (QED) is 0.801. The maximum atomic E-state index is 12.0. The monoisotopic (exact) mass is 267 g/mol. The highest BCUT2D eigenvalue weighted by Gasteiger charge is 2.31. The molecule has 2 rings (SSSR count). The first-order valence-corrected chi connectivity index (χ1v) is 5.26. The van der Waals surface area contributed by atoms with Crippen molar-refractivity contribution in [2.75, 3.05) is 0 Å². The van der Waals surface area contributed by atoms with E-state index in [1.54, 1.807) is 12.1 Å². The van der Waals surface area contributed by atoms with E-state index in [1.165, 1.54) is 24.5 Å². The number of ketones is 1. The number of carbonyl (C=O) groups excluding carboxylic acids is 1. The highest BCUT2D eigenvalue weighted by Crippen LogP contribution is 2.23. The largest absolute Gasteiger partial charge is 0.573 e. The van der Waals surface area contributed by atoms with Gasteiger partial charge in [-0.25, -0.2) is 0 Å². The van der Waals surface area contributed by atoms with Crippen LogP contribution in [0.3, 0.4) is 0 Å². The van der Waals surface area contributed by atoms with Crippen LogP contribution >= 0.6 is 0 Å². The van der Waals surface area contributed by atoms with E-state index in [1.807, 2.05) is 0 Å². The van der Waals surface area contributed by atoms with Crippen molar-refractivity contribution < 1.29 is 22.7 Å². The lowest BCUT2D eigenvalue weighted by atomic mass is 10.1. The summed E-state index contributed by atoms with van der Waals surface area (Å²) in [4.78, 5) is 15.7. The van der Waals surface area contributed by atoms with Crippen LogP contribution in [0.25, 0.3) is 0 Å². The molecule has 1 aromatic heterocycles. The maximum absolute atomic E-state index is 12.0. The Balaban J connectivity index is 2.17. The SMILES string of the molecule is O=C(c1ccc(OC(F)(F)F)cc1)c1cccnc1. The smallest absolute Gasteiger partial charge is 0.406 e. The molecule has 98 valence electrons. The fourth-order valence-corrected chi connectivity index (χ4v) is 1.47. The predicted octanol–water partition coefficient (Wildman–Crippen LogP) is 3.21. The molecule has 0 atom stereocenters. The van der Waals surface area contributed by atoms with Crippen molar-refractivity contribution in [2.45, 2.75) is 6.36 Å². The third kappa shape index (κ3) is 3.54. The first kappa shape index (κ1) is 13.1. The molecule has 0 aliphatic carbocycles. The Morgan fingerprint density at radius 1 is 1.05 bits per heavy atom. The predicted molar refractivity (Wildman–Crippen MR) is 60.8 cm³/mol. The van der Waals surface area contributed by atoms with Gasteiger partial charge in [0.25, 0.3) is 0 Å². The number of hydrogen-bond acceptors (Lipinski definition) is 3. The van der Waals surface area contributed by atoms with Gasteiger partial charge >= 0.3 is 6.36 Å². The third-order valence-corrected chi connectivity index (χ3v) is 2.27. The third-order valence-electron chi connectivity index (χ3n) is 2.27. The number of alkyl halides is 3. The number of hydrogen-bond donors (Lipinski definition) is 0. The highest BCUT2D eigenvalue weighted by atomic mass is 19.4. The van der Waals surface area contributed by atoms with Crippen molar-refractivity contribution in [1.82, 2.24) is 4.98 Å². The summed E-state index contributed by atoms with van der Waals surface area (Å²) in [6.45, 7) is 0. The number of halogens is 3. The van der Waals surface area contributed by atoms with Crippen LogP contribution in [0.4, 0.5) is 13.2 Å². The summed E-state index contributed by atoms with van der Waals surface area (Å²) in [6.07, 6.45) is -1.83. The molecule has 0 aliphatic rings. The van der Waals surface area contributed by atoms with Crippen LogP contribution in [-0.4, -0.2) is 17.1 Å². The zero-order valence-electron chi connectivity index (χ0n) is 9.52. The van der Waals surface area contributed by atoms with Gasteiger partial charge in [0, 0.05) is 23.5 Å². The van der Waals surface area contributed by atoms with Crippen molar-refractivity contribution >= 4 is 5.78 Å². The van der Waals surface area contributed by atoms with Gasteiger partial charge in [-0.2, -0.15) is 0 Å². The van der Waals surface area contributed by atoms with E-state index in [-0.39, 0.29) is 17.1 Å². The second-order valence-electron chi connectivity index (χ2n) is 3.64. The van der Waals surface area contributed by atoms with E-state index in [4.69, 9.17) is 0 Å². The van der Waals surface area contributed by atoms with E-state index in [0.717, 1.165) is 12.1 Å². The van der Waals surface area contributed by atoms with Gasteiger partial charge < -0.3 is 4.74 Å². The molecule has 1 aromatic carbocycles. The zero-order chi connectivity index (χ0) is 13.9. The average Bonchev–Trinajstić information content (AvgIpc) is 2.38. The Hall–Kier alpha value is -2.37. The molecular formula is C13H8F3NO2. The van der Waals surface area contributed by atoms with Crippen molar-refractivity contribution in [3.05, 3.63) is 59.9 Å². The molecule has 2 aromatic rings. The van der Waals surface area contributed by atoms with Crippen LogP contribution in [0.2, 0.25) is 0 Å². The van der Waals surface area contributed by atoms with Crippen molar-refractivity contribution in [3.8, 4) is 5.75 Å². The topological polar surface area (TPSA) is 39.2 Å². The second-order valence-corrected chi connectivity index (χ2v) is 3.64. The number of rotatable bonds is 3. The molecule has 0 aliphatic heterocycles. The van der Waals surface area contributed by atoms with Crippen molar-refractivity contribution in [3.63, 3.8) is 0 Å². The van der Waals surface area contributed by atoms with Gasteiger partial charge in [-0.05, 0) is 36.4 Å². The molecule has 3 nitrogen and oxygen atoms in total. The number of aromatic nitrogens is 1. The molecule has 0 saturated heterocycles. The zero-order valence-corrected chi connectivity index (χ0v) is 9.52. The summed E-state index contributed by atoms with van der Waals surface area (Å²) in [5.41, 5.74) is 0.634. The molecule has 0 radical (unpaired) electrons. The molecule has 0 saturated carbocycles. The molecule has 0 fully saturated rings. The molecule has 0 amide bonds. The van der Waals surface area contributed by atoms with Crippen LogP contribution in [0.15, 0.2) is 48.8 Å². The molecule has 6 heteroatoms. The fourth-order valence-electron chi connectivity index (χ4n) is 1.47. The van der Waals surface area contributed by atoms with E-state index >= 15 is 0 Å². The van der Waals surface area contributed by atoms with Gasteiger partial charge in [0.15, 0.2) is 5.78 Å². The number of benzene rings is 1. The first-order chi connectivity index (χ1) is 8.96. The van der Waals surface area contributed by atoms with E-state index < -0.39 is 6.36 Å². The summed E-state index contributed by atoms with van der Waals surface area (Å²) < 4.78 is 39.6. The van der Waals surface area contributed by atoms with Crippen LogP contribution in [-0.2, 0) is 0 Å². The molecule has 0 bridgehead atoms. The molecule has 1 heterocycles. The van der Waals surface area contributed by atoms with Crippen LogP contribution < -0.4 is 4.74 Å². The van der Waals surface area contributed by atoms with Gasteiger partial charge in [0.05, 0.1) is 0 Å².